The molecule has 24 heavy (non-hydrogen) atoms. The van der Waals surface area contributed by atoms with E-state index in [9.17, 15) is 4.79 Å². The number of aromatic nitrogens is 3. The van der Waals surface area contributed by atoms with Gasteiger partial charge in [-0.15, -0.1) is 0 Å². The minimum atomic E-state index is -0.0101. The topological polar surface area (TPSA) is 71.0 Å². The molecule has 0 saturated heterocycles. The number of anilines is 3. The third-order valence-electron chi connectivity index (χ3n) is 3.61. The van der Waals surface area contributed by atoms with Crippen molar-refractivity contribution in [2.45, 2.75) is 6.92 Å². The Balaban J connectivity index is 1.78. The summed E-state index contributed by atoms with van der Waals surface area (Å²) in [5, 5.41) is 3.17. The quantitative estimate of drug-likeness (QED) is 0.799. The molecule has 2 heterocycles. The zero-order valence-electron chi connectivity index (χ0n) is 13.5. The first-order valence-electron chi connectivity index (χ1n) is 7.48. The van der Waals surface area contributed by atoms with E-state index in [4.69, 9.17) is 0 Å². The Bertz CT molecular complexity index is 834. The Kier molecular flexibility index (Phi) is 4.47. The van der Waals surface area contributed by atoms with E-state index in [-0.39, 0.29) is 5.91 Å². The Morgan fingerprint density at radius 2 is 1.71 bits per heavy atom. The van der Waals surface area contributed by atoms with Crippen LogP contribution in [0, 0.1) is 0 Å². The van der Waals surface area contributed by atoms with Gasteiger partial charge in [0, 0.05) is 49.5 Å². The van der Waals surface area contributed by atoms with Crippen LogP contribution in [0.2, 0.25) is 0 Å². The molecule has 2 aromatic heterocycles. The van der Waals surface area contributed by atoms with Crippen LogP contribution in [-0.4, -0.2) is 27.9 Å². The summed E-state index contributed by atoms with van der Waals surface area (Å²) in [7, 11) is 1.74. The number of nitrogens with one attached hydrogen (secondary N) is 1. The number of benzene rings is 1. The van der Waals surface area contributed by atoms with E-state index in [2.05, 4.69) is 20.3 Å². The Labute approximate surface area is 140 Å². The second-order valence-corrected chi connectivity index (χ2v) is 5.25. The minimum absolute atomic E-state index is 0.0101. The molecule has 0 unspecified atom stereocenters. The van der Waals surface area contributed by atoms with E-state index in [0.717, 1.165) is 22.6 Å². The maximum absolute atomic E-state index is 11.4. The fourth-order valence-corrected chi connectivity index (χ4v) is 2.18. The highest BCUT2D eigenvalue weighted by atomic mass is 16.2. The van der Waals surface area contributed by atoms with Crippen molar-refractivity contribution in [3.05, 3.63) is 61.1 Å². The van der Waals surface area contributed by atoms with Crippen LogP contribution in [0.3, 0.4) is 0 Å². The summed E-state index contributed by atoms with van der Waals surface area (Å²) in [5.74, 6) is 0.501. The second-order valence-electron chi connectivity index (χ2n) is 5.25. The molecular formula is C18H17N5O. The van der Waals surface area contributed by atoms with E-state index in [0.29, 0.717) is 5.95 Å². The monoisotopic (exact) mass is 319 g/mol. The molecule has 3 aromatic rings. The molecule has 0 fully saturated rings. The number of pyridine rings is 1. The van der Waals surface area contributed by atoms with Gasteiger partial charge in [-0.05, 0) is 42.5 Å². The number of hydrogen-bond donors (Lipinski definition) is 1. The lowest BCUT2D eigenvalue weighted by molar-refractivity contribution is -0.116. The van der Waals surface area contributed by atoms with Crippen LogP contribution in [0.4, 0.5) is 17.3 Å². The van der Waals surface area contributed by atoms with Gasteiger partial charge in [-0.1, -0.05) is 0 Å². The average Bonchev–Trinajstić information content (AvgIpc) is 2.63. The van der Waals surface area contributed by atoms with Gasteiger partial charge in [-0.3, -0.25) is 9.78 Å². The lowest BCUT2D eigenvalue weighted by atomic mass is 10.2. The lowest BCUT2D eigenvalue weighted by Crippen LogP contribution is -2.22. The first-order chi connectivity index (χ1) is 11.6. The molecule has 0 radical (unpaired) electrons. The van der Waals surface area contributed by atoms with Crippen LogP contribution in [0.5, 0.6) is 0 Å². The van der Waals surface area contributed by atoms with Gasteiger partial charge in [0.2, 0.25) is 11.9 Å². The molecule has 3 rings (SSSR count). The molecule has 1 aromatic carbocycles. The standard InChI is InChI=1S/C18H17N5O/c1-13(24)23(2)16-5-3-15(4-6-16)21-18-20-12-9-17(22-18)14-7-10-19-11-8-14/h3-12H,1-2H3,(H,20,21,22). The summed E-state index contributed by atoms with van der Waals surface area (Å²) in [4.78, 5) is 25.7. The summed E-state index contributed by atoms with van der Waals surface area (Å²) >= 11 is 0. The largest absolute Gasteiger partial charge is 0.324 e. The Morgan fingerprint density at radius 3 is 2.38 bits per heavy atom. The second kappa shape index (κ2) is 6.87. The van der Waals surface area contributed by atoms with Crippen molar-refractivity contribution in [1.82, 2.24) is 15.0 Å². The Hall–Kier alpha value is -3.28. The fraction of sp³-hybridized carbons (Fsp3) is 0.111. The van der Waals surface area contributed by atoms with Gasteiger partial charge in [0.15, 0.2) is 0 Å². The van der Waals surface area contributed by atoms with Crippen LogP contribution in [-0.2, 0) is 4.79 Å². The van der Waals surface area contributed by atoms with Crippen LogP contribution < -0.4 is 10.2 Å². The molecule has 1 amide bonds. The number of hydrogen-bond acceptors (Lipinski definition) is 5. The predicted octanol–water partition coefficient (Wildman–Crippen LogP) is 3.26. The first-order valence-corrected chi connectivity index (χ1v) is 7.48. The van der Waals surface area contributed by atoms with E-state index < -0.39 is 0 Å². The molecule has 120 valence electrons. The van der Waals surface area contributed by atoms with Crippen molar-refractivity contribution in [2.75, 3.05) is 17.3 Å². The molecule has 1 N–H and O–H groups in total. The fourth-order valence-electron chi connectivity index (χ4n) is 2.18. The van der Waals surface area contributed by atoms with E-state index in [1.165, 1.54) is 6.92 Å². The lowest BCUT2D eigenvalue weighted by Gasteiger charge is -2.15. The zero-order chi connectivity index (χ0) is 16.9. The molecule has 0 aliphatic rings. The van der Waals surface area contributed by atoms with Crippen molar-refractivity contribution in [1.29, 1.82) is 0 Å². The molecule has 0 aliphatic carbocycles. The van der Waals surface area contributed by atoms with Crippen molar-refractivity contribution < 1.29 is 4.79 Å². The third kappa shape index (κ3) is 3.55. The van der Waals surface area contributed by atoms with Crippen molar-refractivity contribution in [3.63, 3.8) is 0 Å². The van der Waals surface area contributed by atoms with Gasteiger partial charge < -0.3 is 10.2 Å². The van der Waals surface area contributed by atoms with Crippen molar-refractivity contribution in [2.24, 2.45) is 0 Å². The summed E-state index contributed by atoms with van der Waals surface area (Å²) < 4.78 is 0. The maximum atomic E-state index is 11.4. The molecule has 0 atom stereocenters. The summed E-state index contributed by atoms with van der Waals surface area (Å²) in [6, 6.07) is 13.2. The van der Waals surface area contributed by atoms with Gasteiger partial charge >= 0.3 is 0 Å². The number of amides is 1. The first kappa shape index (κ1) is 15.6. The van der Waals surface area contributed by atoms with Crippen LogP contribution in [0.25, 0.3) is 11.3 Å². The molecule has 6 nitrogen and oxygen atoms in total. The van der Waals surface area contributed by atoms with Crippen molar-refractivity contribution >= 4 is 23.2 Å². The van der Waals surface area contributed by atoms with Gasteiger partial charge in [0.05, 0.1) is 5.69 Å². The van der Waals surface area contributed by atoms with Gasteiger partial charge in [-0.2, -0.15) is 0 Å². The zero-order valence-corrected chi connectivity index (χ0v) is 13.5. The number of rotatable bonds is 4. The smallest absolute Gasteiger partial charge is 0.227 e. The highest BCUT2D eigenvalue weighted by Gasteiger charge is 2.06. The van der Waals surface area contributed by atoms with Crippen LogP contribution in [0.1, 0.15) is 6.92 Å². The summed E-state index contributed by atoms with van der Waals surface area (Å²) in [6.45, 7) is 1.53. The van der Waals surface area contributed by atoms with Gasteiger partial charge in [-0.25, -0.2) is 9.97 Å². The van der Waals surface area contributed by atoms with E-state index >= 15 is 0 Å². The molecule has 0 bridgehead atoms. The highest BCUT2D eigenvalue weighted by Crippen LogP contribution is 2.21. The van der Waals surface area contributed by atoms with E-state index in [1.807, 2.05) is 42.5 Å². The Morgan fingerprint density at radius 1 is 1.00 bits per heavy atom. The average molecular weight is 319 g/mol. The van der Waals surface area contributed by atoms with Crippen LogP contribution >= 0.6 is 0 Å². The molecule has 0 spiro atoms. The number of carbonyl (C=O) groups excluding carboxylic acids is 1. The third-order valence-corrected chi connectivity index (χ3v) is 3.61. The normalized spacial score (nSPS) is 10.2. The molecule has 0 aliphatic heterocycles. The minimum Gasteiger partial charge on any atom is -0.324 e. The predicted molar refractivity (Wildman–Crippen MR) is 94.1 cm³/mol. The van der Waals surface area contributed by atoms with Gasteiger partial charge in [0.1, 0.15) is 0 Å². The molecule has 0 saturated carbocycles. The number of carbonyl (C=O) groups is 1. The SMILES string of the molecule is CC(=O)N(C)c1ccc(Nc2nccc(-c3ccncc3)n2)cc1. The summed E-state index contributed by atoms with van der Waals surface area (Å²) in [5.41, 5.74) is 3.48. The van der Waals surface area contributed by atoms with Crippen LogP contribution in [0.15, 0.2) is 61.1 Å². The van der Waals surface area contributed by atoms with Gasteiger partial charge in [0.25, 0.3) is 0 Å². The number of nitrogens with zero attached hydrogens (tertiary/aromatic N) is 4. The summed E-state index contributed by atoms with van der Waals surface area (Å²) in [6.07, 6.45) is 5.17. The molecule has 6 heteroatoms. The maximum Gasteiger partial charge on any atom is 0.227 e. The highest BCUT2D eigenvalue weighted by molar-refractivity contribution is 5.91. The molecular weight excluding hydrogens is 302 g/mol. The van der Waals surface area contributed by atoms with Crippen molar-refractivity contribution in [3.8, 4) is 11.3 Å². The van der Waals surface area contributed by atoms with E-state index in [1.54, 1.807) is 30.5 Å².